The van der Waals surface area contributed by atoms with Crippen molar-refractivity contribution in [2.45, 2.75) is 96.8 Å². The van der Waals surface area contributed by atoms with Crippen molar-refractivity contribution in [1.82, 2.24) is 0 Å². The third-order valence-electron chi connectivity index (χ3n) is 5.66. The monoisotopic (exact) mass is 394 g/mol. The zero-order valence-corrected chi connectivity index (χ0v) is 18.7. The summed E-state index contributed by atoms with van der Waals surface area (Å²) in [6, 6.07) is 14.8. The molecular formula is C28H42O. The Morgan fingerprint density at radius 1 is 0.621 bits per heavy atom. The molecule has 0 bridgehead atoms. The van der Waals surface area contributed by atoms with E-state index in [-0.39, 0.29) is 0 Å². The molecule has 0 saturated heterocycles. The van der Waals surface area contributed by atoms with Crippen molar-refractivity contribution in [3.05, 3.63) is 54.6 Å². The molecule has 0 atom stereocenters. The van der Waals surface area contributed by atoms with Crippen LogP contribution < -0.4 is 4.74 Å². The van der Waals surface area contributed by atoms with Gasteiger partial charge in [-0.1, -0.05) is 113 Å². The molecule has 0 aliphatic carbocycles. The van der Waals surface area contributed by atoms with Crippen LogP contribution in [0, 0.1) is 0 Å². The van der Waals surface area contributed by atoms with Crippen molar-refractivity contribution in [2.24, 2.45) is 0 Å². The van der Waals surface area contributed by atoms with E-state index in [2.05, 4.69) is 61.5 Å². The lowest BCUT2D eigenvalue weighted by Gasteiger charge is -2.09. The fraction of sp³-hybridized carbons (Fsp3) is 0.571. The van der Waals surface area contributed by atoms with E-state index in [9.17, 15) is 0 Å². The van der Waals surface area contributed by atoms with Crippen LogP contribution in [-0.2, 0) is 0 Å². The first-order valence-corrected chi connectivity index (χ1v) is 12.2. The van der Waals surface area contributed by atoms with Crippen molar-refractivity contribution < 1.29 is 4.74 Å². The van der Waals surface area contributed by atoms with Gasteiger partial charge in [-0.2, -0.15) is 0 Å². The molecule has 0 aliphatic rings. The van der Waals surface area contributed by atoms with Gasteiger partial charge in [0, 0.05) is 5.39 Å². The van der Waals surface area contributed by atoms with Gasteiger partial charge in [0.1, 0.15) is 5.75 Å². The minimum atomic E-state index is 0.829. The first kappa shape index (κ1) is 23.5. The minimum Gasteiger partial charge on any atom is -0.493 e. The normalized spacial score (nSPS) is 11.5. The maximum absolute atomic E-state index is 6.03. The SMILES string of the molecule is CCCCCCCC/C=C\CCCCCCCCOc1cccc2ccccc12. The van der Waals surface area contributed by atoms with Gasteiger partial charge in [0.2, 0.25) is 0 Å². The maximum Gasteiger partial charge on any atom is 0.127 e. The van der Waals surface area contributed by atoms with Crippen LogP contribution in [0.2, 0.25) is 0 Å². The summed E-state index contributed by atoms with van der Waals surface area (Å²) in [5.41, 5.74) is 0. The van der Waals surface area contributed by atoms with E-state index < -0.39 is 0 Å². The van der Waals surface area contributed by atoms with Gasteiger partial charge in [0.15, 0.2) is 0 Å². The van der Waals surface area contributed by atoms with Crippen molar-refractivity contribution in [3.63, 3.8) is 0 Å². The Morgan fingerprint density at radius 2 is 1.21 bits per heavy atom. The van der Waals surface area contributed by atoms with Crippen molar-refractivity contribution in [3.8, 4) is 5.75 Å². The Balaban J connectivity index is 1.39. The molecule has 2 rings (SSSR count). The summed E-state index contributed by atoms with van der Waals surface area (Å²) in [4.78, 5) is 0. The van der Waals surface area contributed by atoms with Crippen molar-refractivity contribution >= 4 is 10.8 Å². The third-order valence-corrected chi connectivity index (χ3v) is 5.66. The summed E-state index contributed by atoms with van der Waals surface area (Å²) < 4.78 is 6.03. The van der Waals surface area contributed by atoms with Crippen LogP contribution in [-0.4, -0.2) is 6.61 Å². The Bertz CT molecular complexity index is 668. The fourth-order valence-corrected chi connectivity index (χ4v) is 3.85. The van der Waals surface area contributed by atoms with E-state index in [1.807, 2.05) is 0 Å². The Kier molecular flexibility index (Phi) is 13.0. The summed E-state index contributed by atoms with van der Waals surface area (Å²) in [6.07, 6.45) is 23.6. The highest BCUT2D eigenvalue weighted by Crippen LogP contribution is 2.25. The number of ether oxygens (including phenoxy) is 1. The van der Waals surface area contributed by atoms with Gasteiger partial charge in [-0.05, 0) is 43.6 Å². The molecule has 0 amide bonds. The Labute approximate surface area is 179 Å². The lowest BCUT2D eigenvalue weighted by atomic mass is 10.1. The molecule has 1 heteroatoms. The van der Waals surface area contributed by atoms with Gasteiger partial charge < -0.3 is 4.74 Å². The molecule has 0 aromatic heterocycles. The van der Waals surface area contributed by atoms with E-state index in [1.165, 1.54) is 94.2 Å². The molecule has 0 unspecified atom stereocenters. The summed E-state index contributed by atoms with van der Waals surface area (Å²) in [5.74, 6) is 1.02. The third kappa shape index (κ3) is 10.5. The number of allylic oxidation sites excluding steroid dienone is 2. The Hall–Kier alpha value is -1.76. The zero-order valence-electron chi connectivity index (χ0n) is 18.7. The van der Waals surface area contributed by atoms with E-state index in [1.54, 1.807) is 0 Å². The highest BCUT2D eigenvalue weighted by molar-refractivity contribution is 5.88. The number of rotatable bonds is 17. The molecular weight excluding hydrogens is 352 g/mol. The van der Waals surface area contributed by atoms with E-state index >= 15 is 0 Å². The smallest absolute Gasteiger partial charge is 0.127 e. The van der Waals surface area contributed by atoms with Crippen LogP contribution in [0.25, 0.3) is 10.8 Å². The van der Waals surface area contributed by atoms with E-state index in [4.69, 9.17) is 4.74 Å². The molecule has 2 aromatic carbocycles. The number of hydrogen-bond donors (Lipinski definition) is 0. The number of hydrogen-bond acceptors (Lipinski definition) is 1. The molecule has 1 nitrogen and oxygen atoms in total. The lowest BCUT2D eigenvalue weighted by Crippen LogP contribution is -1.97. The topological polar surface area (TPSA) is 9.23 Å². The van der Waals surface area contributed by atoms with Crippen LogP contribution in [0.1, 0.15) is 96.8 Å². The first-order valence-electron chi connectivity index (χ1n) is 12.2. The van der Waals surface area contributed by atoms with Crippen molar-refractivity contribution in [2.75, 3.05) is 6.61 Å². The molecule has 0 heterocycles. The largest absolute Gasteiger partial charge is 0.493 e. The van der Waals surface area contributed by atoms with Crippen LogP contribution in [0.5, 0.6) is 5.75 Å². The predicted molar refractivity (Wildman–Crippen MR) is 129 cm³/mol. The first-order chi connectivity index (χ1) is 14.4. The second-order valence-electron chi connectivity index (χ2n) is 8.26. The molecule has 0 spiro atoms. The fourth-order valence-electron chi connectivity index (χ4n) is 3.85. The average molecular weight is 395 g/mol. The van der Waals surface area contributed by atoms with Gasteiger partial charge >= 0.3 is 0 Å². The maximum atomic E-state index is 6.03. The van der Waals surface area contributed by atoms with Crippen LogP contribution in [0.15, 0.2) is 54.6 Å². The van der Waals surface area contributed by atoms with Gasteiger partial charge in [0.05, 0.1) is 6.61 Å². The van der Waals surface area contributed by atoms with Gasteiger partial charge in [-0.25, -0.2) is 0 Å². The van der Waals surface area contributed by atoms with Gasteiger partial charge in [0.25, 0.3) is 0 Å². The second-order valence-corrected chi connectivity index (χ2v) is 8.26. The summed E-state index contributed by atoms with van der Waals surface area (Å²) in [5, 5.41) is 2.48. The van der Waals surface area contributed by atoms with Gasteiger partial charge in [-0.3, -0.25) is 0 Å². The molecule has 160 valence electrons. The molecule has 0 aliphatic heterocycles. The average Bonchev–Trinajstić information content (AvgIpc) is 2.76. The number of benzene rings is 2. The lowest BCUT2D eigenvalue weighted by molar-refractivity contribution is 0.308. The summed E-state index contributed by atoms with van der Waals surface area (Å²) in [6.45, 7) is 3.11. The van der Waals surface area contributed by atoms with E-state index in [0.29, 0.717) is 0 Å². The highest BCUT2D eigenvalue weighted by Gasteiger charge is 2.00. The zero-order chi connectivity index (χ0) is 20.4. The number of unbranched alkanes of at least 4 members (excludes halogenated alkanes) is 12. The van der Waals surface area contributed by atoms with Crippen LogP contribution in [0.3, 0.4) is 0 Å². The molecule has 0 saturated carbocycles. The summed E-state index contributed by atoms with van der Waals surface area (Å²) in [7, 11) is 0. The highest BCUT2D eigenvalue weighted by atomic mass is 16.5. The number of fused-ring (bicyclic) bond motifs is 1. The Morgan fingerprint density at radius 3 is 1.93 bits per heavy atom. The molecule has 0 radical (unpaired) electrons. The van der Waals surface area contributed by atoms with Crippen LogP contribution >= 0.6 is 0 Å². The standard InChI is InChI=1S/C28H42O/c1-2-3-4-5-6-7-8-9-10-11-12-13-14-15-16-19-25-29-28-24-20-22-26-21-17-18-23-27(26)28/h9-10,17-18,20-24H,2-8,11-16,19,25H2,1H3/b10-9-. The molecule has 0 N–H and O–H groups in total. The molecule has 0 fully saturated rings. The van der Waals surface area contributed by atoms with Gasteiger partial charge in [-0.15, -0.1) is 0 Å². The van der Waals surface area contributed by atoms with E-state index in [0.717, 1.165) is 18.8 Å². The molecule has 29 heavy (non-hydrogen) atoms. The summed E-state index contributed by atoms with van der Waals surface area (Å²) >= 11 is 0. The molecule has 2 aromatic rings. The predicted octanol–water partition coefficient (Wildman–Crippen LogP) is 9.26. The van der Waals surface area contributed by atoms with Crippen molar-refractivity contribution in [1.29, 1.82) is 0 Å². The minimum absolute atomic E-state index is 0.829. The quantitative estimate of drug-likeness (QED) is 0.192. The second kappa shape index (κ2) is 16.1. The van der Waals surface area contributed by atoms with Crippen LogP contribution in [0.4, 0.5) is 0 Å².